The van der Waals surface area contributed by atoms with Crippen LogP contribution in [0.4, 0.5) is 0 Å². The van der Waals surface area contributed by atoms with E-state index in [4.69, 9.17) is 0 Å². The highest BCUT2D eigenvalue weighted by Crippen LogP contribution is 2.03. The molecule has 1 aromatic rings. The maximum absolute atomic E-state index is 11.5. The van der Waals surface area contributed by atoms with Gasteiger partial charge in [0.15, 0.2) is 0 Å². The lowest BCUT2D eigenvalue weighted by molar-refractivity contribution is -0.125. The van der Waals surface area contributed by atoms with Crippen molar-refractivity contribution in [3.63, 3.8) is 0 Å². The molecule has 1 unspecified atom stereocenters. The fourth-order valence-electron chi connectivity index (χ4n) is 1.32. The second-order valence-electron chi connectivity index (χ2n) is 3.86. The quantitative estimate of drug-likeness (QED) is 0.784. The van der Waals surface area contributed by atoms with Crippen molar-refractivity contribution in [3.8, 4) is 0 Å². The zero-order valence-corrected chi connectivity index (χ0v) is 11.9. The van der Waals surface area contributed by atoms with Crippen molar-refractivity contribution in [2.45, 2.75) is 24.7 Å². The SMILES string of the molecule is CCC(Br)C(=O)NCC(=O)NCc1ccccc1. The summed E-state index contributed by atoms with van der Waals surface area (Å²) in [5.41, 5.74) is 1.03. The van der Waals surface area contributed by atoms with Crippen LogP contribution in [0.2, 0.25) is 0 Å². The molecule has 1 atom stereocenters. The van der Waals surface area contributed by atoms with Gasteiger partial charge in [0.05, 0.1) is 11.4 Å². The van der Waals surface area contributed by atoms with Crippen LogP contribution in [0.15, 0.2) is 30.3 Å². The molecule has 18 heavy (non-hydrogen) atoms. The predicted molar refractivity (Wildman–Crippen MR) is 74.3 cm³/mol. The van der Waals surface area contributed by atoms with Crippen molar-refractivity contribution >= 4 is 27.7 Å². The van der Waals surface area contributed by atoms with Crippen molar-refractivity contribution in [1.82, 2.24) is 10.6 Å². The van der Waals surface area contributed by atoms with Gasteiger partial charge in [0.2, 0.25) is 11.8 Å². The Morgan fingerprint density at radius 1 is 1.22 bits per heavy atom. The van der Waals surface area contributed by atoms with Crippen LogP contribution in [0.5, 0.6) is 0 Å². The van der Waals surface area contributed by atoms with Crippen LogP contribution in [0.3, 0.4) is 0 Å². The number of benzene rings is 1. The average molecular weight is 313 g/mol. The van der Waals surface area contributed by atoms with E-state index in [0.717, 1.165) is 5.56 Å². The smallest absolute Gasteiger partial charge is 0.239 e. The number of hydrogen-bond donors (Lipinski definition) is 2. The Balaban J connectivity index is 2.24. The van der Waals surface area contributed by atoms with Gasteiger partial charge in [-0.25, -0.2) is 0 Å². The van der Waals surface area contributed by atoms with Gasteiger partial charge in [-0.3, -0.25) is 9.59 Å². The van der Waals surface area contributed by atoms with Crippen LogP contribution in [0.25, 0.3) is 0 Å². The van der Waals surface area contributed by atoms with Crippen molar-refractivity contribution in [2.24, 2.45) is 0 Å². The van der Waals surface area contributed by atoms with Crippen molar-refractivity contribution in [2.75, 3.05) is 6.54 Å². The molecule has 2 N–H and O–H groups in total. The molecule has 0 radical (unpaired) electrons. The minimum Gasteiger partial charge on any atom is -0.350 e. The standard InChI is InChI=1S/C13H17BrN2O2/c1-2-11(14)13(18)16-9-12(17)15-8-10-6-4-3-5-7-10/h3-7,11H,2,8-9H2,1H3,(H,15,17)(H,16,18). The fourth-order valence-corrected chi connectivity index (χ4v) is 1.48. The molecule has 0 heterocycles. The highest BCUT2D eigenvalue weighted by Gasteiger charge is 2.12. The average Bonchev–Trinajstić information content (AvgIpc) is 2.42. The van der Waals surface area contributed by atoms with E-state index in [1.54, 1.807) is 0 Å². The first kappa shape index (κ1) is 14.7. The Morgan fingerprint density at radius 3 is 2.50 bits per heavy atom. The van der Waals surface area contributed by atoms with E-state index < -0.39 is 0 Å². The zero-order chi connectivity index (χ0) is 13.4. The topological polar surface area (TPSA) is 58.2 Å². The lowest BCUT2D eigenvalue weighted by atomic mass is 10.2. The van der Waals surface area contributed by atoms with Gasteiger partial charge in [0, 0.05) is 6.54 Å². The number of carbonyl (C=O) groups is 2. The molecule has 0 aliphatic heterocycles. The first-order chi connectivity index (χ1) is 8.63. The van der Waals surface area contributed by atoms with Gasteiger partial charge in [-0.15, -0.1) is 0 Å². The monoisotopic (exact) mass is 312 g/mol. The number of carbonyl (C=O) groups excluding carboxylic acids is 2. The van der Waals surface area contributed by atoms with Crippen molar-refractivity contribution in [1.29, 1.82) is 0 Å². The third-order valence-electron chi connectivity index (χ3n) is 2.40. The number of amides is 2. The van der Waals surface area contributed by atoms with E-state index in [2.05, 4.69) is 26.6 Å². The van der Waals surface area contributed by atoms with E-state index in [1.807, 2.05) is 37.3 Å². The Labute approximate surface area is 115 Å². The molecule has 0 aliphatic rings. The van der Waals surface area contributed by atoms with E-state index >= 15 is 0 Å². The van der Waals surface area contributed by atoms with Crippen LogP contribution in [0, 0.1) is 0 Å². The number of halogens is 1. The van der Waals surface area contributed by atoms with Crippen molar-refractivity contribution in [3.05, 3.63) is 35.9 Å². The molecule has 4 nitrogen and oxygen atoms in total. The first-order valence-electron chi connectivity index (χ1n) is 5.86. The maximum atomic E-state index is 11.5. The normalized spacial score (nSPS) is 11.7. The van der Waals surface area contributed by atoms with Crippen molar-refractivity contribution < 1.29 is 9.59 Å². The second-order valence-corrected chi connectivity index (χ2v) is 4.96. The summed E-state index contributed by atoms with van der Waals surface area (Å²) in [4.78, 5) is 22.7. The molecule has 2 amide bonds. The minimum absolute atomic E-state index is 0.00771. The molecule has 0 aromatic heterocycles. The fraction of sp³-hybridized carbons (Fsp3) is 0.385. The number of nitrogens with one attached hydrogen (secondary N) is 2. The molecule has 1 aromatic carbocycles. The van der Waals surface area contributed by atoms with Gasteiger partial charge in [0.1, 0.15) is 0 Å². The van der Waals surface area contributed by atoms with E-state index in [0.29, 0.717) is 13.0 Å². The molecule has 0 aliphatic carbocycles. The van der Waals surface area contributed by atoms with Gasteiger partial charge in [-0.05, 0) is 12.0 Å². The number of alkyl halides is 1. The largest absolute Gasteiger partial charge is 0.350 e. The van der Waals surface area contributed by atoms with Crippen LogP contribution >= 0.6 is 15.9 Å². The van der Waals surface area contributed by atoms with Gasteiger partial charge >= 0.3 is 0 Å². The van der Waals surface area contributed by atoms with Gasteiger partial charge in [0.25, 0.3) is 0 Å². The molecule has 0 saturated heterocycles. The molecule has 0 saturated carbocycles. The summed E-state index contributed by atoms with van der Waals surface area (Å²) in [5.74, 6) is -0.352. The van der Waals surface area contributed by atoms with Gasteiger partial charge < -0.3 is 10.6 Å². The number of rotatable bonds is 6. The maximum Gasteiger partial charge on any atom is 0.239 e. The van der Waals surface area contributed by atoms with Crippen LogP contribution in [-0.2, 0) is 16.1 Å². The first-order valence-corrected chi connectivity index (χ1v) is 6.77. The summed E-state index contributed by atoms with van der Waals surface area (Å²) in [6, 6.07) is 9.63. The predicted octanol–water partition coefficient (Wildman–Crippen LogP) is 1.59. The van der Waals surface area contributed by atoms with E-state index in [-0.39, 0.29) is 23.2 Å². The lowest BCUT2D eigenvalue weighted by Gasteiger charge is -2.09. The van der Waals surface area contributed by atoms with Crippen LogP contribution < -0.4 is 10.6 Å². The summed E-state index contributed by atoms with van der Waals surface area (Å²) in [6.07, 6.45) is 0.692. The molecule has 1 rings (SSSR count). The molecule has 0 spiro atoms. The number of hydrogen-bond acceptors (Lipinski definition) is 2. The summed E-state index contributed by atoms with van der Waals surface area (Å²) < 4.78 is 0. The van der Waals surface area contributed by atoms with Gasteiger partial charge in [-0.1, -0.05) is 53.2 Å². The molecule has 5 heteroatoms. The molecular formula is C13H17BrN2O2. The molecule has 0 fully saturated rings. The minimum atomic E-state index is -0.237. The van der Waals surface area contributed by atoms with Gasteiger partial charge in [-0.2, -0.15) is 0 Å². The highest BCUT2D eigenvalue weighted by molar-refractivity contribution is 9.10. The Morgan fingerprint density at radius 2 is 1.89 bits per heavy atom. The van der Waals surface area contributed by atoms with Crippen LogP contribution in [-0.4, -0.2) is 23.2 Å². The van der Waals surface area contributed by atoms with E-state index in [1.165, 1.54) is 0 Å². The Kier molecular flexibility index (Phi) is 6.43. The van der Waals surface area contributed by atoms with Crippen LogP contribution in [0.1, 0.15) is 18.9 Å². The highest BCUT2D eigenvalue weighted by atomic mass is 79.9. The Hall–Kier alpha value is -1.36. The summed E-state index contributed by atoms with van der Waals surface area (Å²) in [7, 11) is 0. The third-order valence-corrected chi connectivity index (χ3v) is 3.46. The second kappa shape index (κ2) is 7.87. The molecule has 0 bridgehead atoms. The Bertz CT molecular complexity index is 395. The summed E-state index contributed by atoms with van der Waals surface area (Å²) in [5, 5.41) is 5.31. The summed E-state index contributed by atoms with van der Waals surface area (Å²) >= 11 is 3.22. The summed E-state index contributed by atoms with van der Waals surface area (Å²) in [6.45, 7) is 2.38. The third kappa shape index (κ3) is 5.31. The zero-order valence-electron chi connectivity index (χ0n) is 10.3. The lowest BCUT2D eigenvalue weighted by Crippen LogP contribution is -2.39. The van der Waals surface area contributed by atoms with E-state index in [9.17, 15) is 9.59 Å². The molecule has 98 valence electrons. The molecular weight excluding hydrogens is 296 g/mol.